The molecule has 100 valence electrons. The van der Waals surface area contributed by atoms with Crippen molar-refractivity contribution < 1.29 is 17.7 Å². The second-order valence-corrected chi connectivity index (χ2v) is 6.93. The largest absolute Gasteiger partial charge is 0.680 e. The number of nitrogens with zero attached hydrogens (tertiary/aromatic N) is 1. The average Bonchev–Trinajstić information content (AvgIpc) is 2.11. The molecule has 5 nitrogen and oxygen atoms in total. The highest BCUT2D eigenvalue weighted by atomic mass is 28.4. The van der Waals surface area contributed by atoms with Crippen LogP contribution in [0.25, 0.3) is 0 Å². The standard InChI is InChI=1S/C11H23NO4Si/c1-5-13-17-14-9(2)6-12(7-10(3)15-17)8-11(4)16-17/h9-11H,5-8H2,1-4H3/t9-,10-,11+/m0/s1. The van der Waals surface area contributed by atoms with E-state index in [0.717, 1.165) is 19.6 Å². The zero-order valence-corrected chi connectivity index (χ0v) is 12.1. The lowest BCUT2D eigenvalue weighted by molar-refractivity contribution is -0.129. The number of hydrogen-bond donors (Lipinski definition) is 0. The summed E-state index contributed by atoms with van der Waals surface area (Å²) in [4.78, 5) is 2.34. The molecule has 0 aromatic carbocycles. The van der Waals surface area contributed by atoms with E-state index in [1.807, 2.05) is 27.7 Å². The van der Waals surface area contributed by atoms with Gasteiger partial charge in [-0.2, -0.15) is 0 Å². The van der Waals surface area contributed by atoms with E-state index in [1.54, 1.807) is 0 Å². The third kappa shape index (κ3) is 3.27. The van der Waals surface area contributed by atoms with Gasteiger partial charge in [-0.05, 0) is 27.7 Å². The van der Waals surface area contributed by atoms with Crippen molar-refractivity contribution in [1.29, 1.82) is 0 Å². The van der Waals surface area contributed by atoms with E-state index in [-0.39, 0.29) is 18.3 Å². The second kappa shape index (κ2) is 5.34. The molecule has 2 bridgehead atoms. The lowest BCUT2D eigenvalue weighted by atomic mass is 10.2. The van der Waals surface area contributed by atoms with Gasteiger partial charge in [-0.25, -0.2) is 0 Å². The summed E-state index contributed by atoms with van der Waals surface area (Å²) in [5.74, 6) is 0. The van der Waals surface area contributed by atoms with Crippen molar-refractivity contribution in [3.05, 3.63) is 0 Å². The fraction of sp³-hybridized carbons (Fsp3) is 1.00. The highest BCUT2D eigenvalue weighted by Crippen LogP contribution is 2.25. The maximum Gasteiger partial charge on any atom is 0.680 e. The minimum Gasteiger partial charge on any atom is -0.351 e. The Morgan fingerprint density at radius 3 is 1.76 bits per heavy atom. The quantitative estimate of drug-likeness (QED) is 0.694. The topological polar surface area (TPSA) is 40.2 Å². The van der Waals surface area contributed by atoms with Crippen LogP contribution in [-0.2, 0) is 17.7 Å². The van der Waals surface area contributed by atoms with Gasteiger partial charge in [0.05, 0.1) is 18.3 Å². The third-order valence-corrected chi connectivity index (χ3v) is 5.62. The Kier molecular flexibility index (Phi) is 4.22. The van der Waals surface area contributed by atoms with Crippen LogP contribution in [0.3, 0.4) is 0 Å². The van der Waals surface area contributed by atoms with E-state index in [0.29, 0.717) is 6.61 Å². The van der Waals surface area contributed by atoms with Gasteiger partial charge in [-0.1, -0.05) is 0 Å². The Morgan fingerprint density at radius 2 is 1.41 bits per heavy atom. The summed E-state index contributed by atoms with van der Waals surface area (Å²) < 4.78 is 23.6. The van der Waals surface area contributed by atoms with Crippen LogP contribution in [0.2, 0.25) is 0 Å². The van der Waals surface area contributed by atoms with Gasteiger partial charge in [0.2, 0.25) is 0 Å². The van der Waals surface area contributed by atoms with Crippen molar-refractivity contribution >= 4 is 9.05 Å². The van der Waals surface area contributed by atoms with Gasteiger partial charge in [0.25, 0.3) is 0 Å². The second-order valence-electron chi connectivity index (χ2n) is 4.94. The van der Waals surface area contributed by atoms with Crippen LogP contribution in [0.4, 0.5) is 0 Å². The molecule has 3 heterocycles. The van der Waals surface area contributed by atoms with Crippen molar-refractivity contribution in [3.8, 4) is 0 Å². The van der Waals surface area contributed by atoms with Crippen LogP contribution in [-0.4, -0.2) is 58.5 Å². The van der Waals surface area contributed by atoms with E-state index < -0.39 is 9.05 Å². The van der Waals surface area contributed by atoms with Gasteiger partial charge in [0.1, 0.15) is 0 Å². The zero-order chi connectivity index (χ0) is 12.5. The Hall–Kier alpha value is 0.0169. The van der Waals surface area contributed by atoms with E-state index in [2.05, 4.69) is 4.90 Å². The molecule has 0 aromatic rings. The molecule has 0 unspecified atom stereocenters. The van der Waals surface area contributed by atoms with Gasteiger partial charge in [0, 0.05) is 26.2 Å². The summed E-state index contributed by atoms with van der Waals surface area (Å²) in [5, 5.41) is 0. The Labute approximate surface area is 104 Å². The Morgan fingerprint density at radius 1 is 1.00 bits per heavy atom. The van der Waals surface area contributed by atoms with Crippen LogP contribution in [0.1, 0.15) is 27.7 Å². The van der Waals surface area contributed by atoms with E-state index in [9.17, 15) is 0 Å². The first kappa shape index (κ1) is 13.4. The third-order valence-electron chi connectivity index (χ3n) is 2.90. The maximum absolute atomic E-state index is 5.96. The fourth-order valence-corrected chi connectivity index (χ4v) is 4.95. The summed E-state index contributed by atoms with van der Waals surface area (Å²) in [5.41, 5.74) is 0. The van der Waals surface area contributed by atoms with Crippen molar-refractivity contribution in [2.24, 2.45) is 0 Å². The predicted molar refractivity (Wildman–Crippen MR) is 65.5 cm³/mol. The summed E-state index contributed by atoms with van der Waals surface area (Å²) in [6.45, 7) is 11.4. The lowest BCUT2D eigenvalue weighted by Gasteiger charge is -2.43. The molecule has 3 saturated heterocycles. The highest BCUT2D eigenvalue weighted by Gasteiger charge is 2.52. The van der Waals surface area contributed by atoms with Crippen molar-refractivity contribution in [2.75, 3.05) is 26.2 Å². The van der Waals surface area contributed by atoms with E-state index >= 15 is 0 Å². The first-order valence-corrected chi connectivity index (χ1v) is 8.06. The Balaban J connectivity index is 2.22. The molecule has 0 amide bonds. The Bertz CT molecular complexity index is 230. The molecule has 0 radical (unpaired) electrons. The van der Waals surface area contributed by atoms with Crippen LogP contribution in [0.15, 0.2) is 0 Å². The van der Waals surface area contributed by atoms with Crippen LogP contribution >= 0.6 is 0 Å². The van der Waals surface area contributed by atoms with E-state index in [4.69, 9.17) is 17.7 Å². The molecule has 6 heteroatoms. The minimum absolute atomic E-state index is 0.0909. The van der Waals surface area contributed by atoms with Gasteiger partial charge < -0.3 is 17.7 Å². The normalized spacial score (nSPS) is 47.3. The molecule has 3 aliphatic heterocycles. The summed E-state index contributed by atoms with van der Waals surface area (Å²) in [6, 6.07) is 0. The smallest absolute Gasteiger partial charge is 0.351 e. The van der Waals surface area contributed by atoms with Gasteiger partial charge >= 0.3 is 9.05 Å². The van der Waals surface area contributed by atoms with Crippen LogP contribution < -0.4 is 0 Å². The molecule has 0 aromatic heterocycles. The van der Waals surface area contributed by atoms with Gasteiger partial charge in [0.15, 0.2) is 0 Å². The summed E-state index contributed by atoms with van der Waals surface area (Å²) in [6.07, 6.45) is 0.273. The fourth-order valence-electron chi connectivity index (χ4n) is 2.53. The molecule has 0 aliphatic carbocycles. The number of fused-ring (bicyclic) bond motifs is 6. The summed E-state index contributed by atoms with van der Waals surface area (Å²) in [7, 11) is -2.94. The van der Waals surface area contributed by atoms with Gasteiger partial charge in [-0.15, -0.1) is 0 Å². The highest BCUT2D eigenvalue weighted by molar-refractivity contribution is 6.53. The monoisotopic (exact) mass is 261 g/mol. The SMILES string of the molecule is CCO[Si]12O[C@H](C)CN(C[C@H](C)O1)C[C@H](C)O2. The zero-order valence-electron chi connectivity index (χ0n) is 11.1. The van der Waals surface area contributed by atoms with Crippen molar-refractivity contribution in [3.63, 3.8) is 0 Å². The average molecular weight is 261 g/mol. The molecule has 3 fully saturated rings. The molecule has 17 heavy (non-hydrogen) atoms. The molecule has 3 rings (SSSR count). The molecular formula is C11H23NO4Si. The minimum atomic E-state index is -2.94. The first-order valence-electron chi connectivity index (χ1n) is 6.42. The van der Waals surface area contributed by atoms with Crippen LogP contribution in [0.5, 0.6) is 0 Å². The first-order chi connectivity index (χ1) is 8.03. The number of rotatable bonds is 2. The number of hydrogen-bond acceptors (Lipinski definition) is 5. The molecule has 0 saturated carbocycles. The summed E-state index contributed by atoms with van der Waals surface area (Å²) >= 11 is 0. The molecule has 0 N–H and O–H groups in total. The van der Waals surface area contributed by atoms with Crippen molar-refractivity contribution in [1.82, 2.24) is 4.90 Å². The molecule has 3 atom stereocenters. The van der Waals surface area contributed by atoms with Crippen molar-refractivity contribution in [2.45, 2.75) is 46.0 Å². The predicted octanol–water partition coefficient (Wildman–Crippen LogP) is 1.00. The van der Waals surface area contributed by atoms with Crippen LogP contribution in [0, 0.1) is 0 Å². The lowest BCUT2D eigenvalue weighted by Crippen LogP contribution is -2.62. The maximum atomic E-state index is 5.96. The van der Waals surface area contributed by atoms with Gasteiger partial charge in [-0.3, -0.25) is 4.90 Å². The van der Waals surface area contributed by atoms with E-state index in [1.165, 1.54) is 0 Å². The molecule has 0 spiro atoms. The molecule has 3 aliphatic rings. The molecular weight excluding hydrogens is 238 g/mol.